The molecule has 0 amide bonds. The zero-order valence-corrected chi connectivity index (χ0v) is 11.7. The highest BCUT2D eigenvalue weighted by molar-refractivity contribution is 7.13. The minimum Gasteiger partial charge on any atom is -0.388 e. The van der Waals surface area contributed by atoms with Crippen LogP contribution in [0, 0.1) is 6.92 Å². The summed E-state index contributed by atoms with van der Waals surface area (Å²) in [4.78, 5) is 9.11. The third-order valence-electron chi connectivity index (χ3n) is 3.13. The van der Waals surface area contributed by atoms with Gasteiger partial charge in [0.15, 0.2) is 0 Å². The number of aromatic amines is 1. The number of aryl methyl sites for hydroxylation is 1. The molecule has 0 saturated heterocycles. The summed E-state index contributed by atoms with van der Waals surface area (Å²) in [5, 5.41) is 5.22. The molecule has 0 bridgehead atoms. The fraction of sp³-hybridized carbons (Fsp3) is 0.133. The second kappa shape index (κ2) is 4.90. The fourth-order valence-electron chi connectivity index (χ4n) is 2.03. The molecule has 0 fully saturated rings. The second-order valence-electron chi connectivity index (χ2n) is 4.41. The molecule has 2 aromatic heterocycles. The highest BCUT2D eigenvalue weighted by Crippen LogP contribution is 2.29. The van der Waals surface area contributed by atoms with Crippen molar-refractivity contribution < 1.29 is 0 Å². The van der Waals surface area contributed by atoms with Crippen LogP contribution < -0.4 is 5.32 Å². The molecule has 0 spiro atoms. The van der Waals surface area contributed by atoms with Gasteiger partial charge in [-0.05, 0) is 48.2 Å². The van der Waals surface area contributed by atoms with Crippen molar-refractivity contribution in [2.45, 2.75) is 6.92 Å². The summed E-state index contributed by atoms with van der Waals surface area (Å²) in [5.74, 6) is 0.908. The van der Waals surface area contributed by atoms with Gasteiger partial charge in [-0.15, -0.1) is 11.3 Å². The van der Waals surface area contributed by atoms with Crippen molar-refractivity contribution in [3.63, 3.8) is 0 Å². The van der Waals surface area contributed by atoms with Crippen LogP contribution in [0.15, 0.2) is 41.9 Å². The Balaban J connectivity index is 1.94. The summed E-state index contributed by atoms with van der Waals surface area (Å²) >= 11 is 1.74. The number of hydrogen-bond acceptors (Lipinski definition) is 3. The maximum absolute atomic E-state index is 4.47. The SMILES string of the molecule is CNc1ccc(-c2ncc(-c3sccc3C)[nH]2)cc1. The Hall–Kier alpha value is -2.07. The molecule has 19 heavy (non-hydrogen) atoms. The Bertz CT molecular complexity index is 679. The lowest BCUT2D eigenvalue weighted by Crippen LogP contribution is -1.87. The molecular formula is C15H15N3S. The molecule has 0 aliphatic carbocycles. The predicted octanol–water partition coefficient (Wildman–Crippen LogP) is 4.16. The van der Waals surface area contributed by atoms with E-state index in [1.807, 2.05) is 25.4 Å². The Kier molecular flexibility index (Phi) is 3.09. The topological polar surface area (TPSA) is 40.7 Å². The number of nitrogens with zero attached hydrogens (tertiary/aromatic N) is 1. The second-order valence-corrected chi connectivity index (χ2v) is 5.32. The fourth-order valence-corrected chi connectivity index (χ4v) is 2.92. The van der Waals surface area contributed by atoms with Crippen molar-refractivity contribution in [3.8, 4) is 22.0 Å². The van der Waals surface area contributed by atoms with Crippen molar-refractivity contribution in [1.29, 1.82) is 0 Å². The van der Waals surface area contributed by atoms with Gasteiger partial charge in [0, 0.05) is 18.3 Å². The zero-order valence-electron chi connectivity index (χ0n) is 10.9. The number of benzene rings is 1. The molecule has 0 saturated carbocycles. The normalized spacial score (nSPS) is 10.6. The van der Waals surface area contributed by atoms with Crippen LogP contribution in [0.25, 0.3) is 22.0 Å². The lowest BCUT2D eigenvalue weighted by molar-refractivity contribution is 1.31. The van der Waals surface area contributed by atoms with Crippen LogP contribution >= 0.6 is 11.3 Å². The first-order valence-corrected chi connectivity index (χ1v) is 7.03. The van der Waals surface area contributed by atoms with E-state index in [2.05, 4.69) is 45.8 Å². The largest absolute Gasteiger partial charge is 0.388 e. The summed E-state index contributed by atoms with van der Waals surface area (Å²) in [6.45, 7) is 2.12. The van der Waals surface area contributed by atoms with E-state index in [0.29, 0.717) is 0 Å². The summed E-state index contributed by atoms with van der Waals surface area (Å²) in [5.41, 5.74) is 4.56. The average molecular weight is 269 g/mol. The maximum atomic E-state index is 4.47. The Morgan fingerprint density at radius 1 is 1.16 bits per heavy atom. The van der Waals surface area contributed by atoms with E-state index in [9.17, 15) is 0 Å². The molecule has 3 nitrogen and oxygen atoms in total. The van der Waals surface area contributed by atoms with E-state index < -0.39 is 0 Å². The monoisotopic (exact) mass is 269 g/mol. The zero-order chi connectivity index (χ0) is 13.2. The first kappa shape index (κ1) is 12.0. The molecule has 3 rings (SSSR count). The van der Waals surface area contributed by atoms with Gasteiger partial charge in [0.1, 0.15) is 5.82 Å². The number of nitrogens with one attached hydrogen (secondary N) is 2. The van der Waals surface area contributed by atoms with E-state index in [4.69, 9.17) is 0 Å². The van der Waals surface area contributed by atoms with Gasteiger partial charge in [-0.1, -0.05) is 0 Å². The van der Waals surface area contributed by atoms with Crippen LogP contribution in [0.3, 0.4) is 0 Å². The van der Waals surface area contributed by atoms with E-state index in [1.165, 1.54) is 10.4 Å². The number of anilines is 1. The van der Waals surface area contributed by atoms with Gasteiger partial charge in [-0.25, -0.2) is 4.98 Å². The minimum atomic E-state index is 0.908. The molecule has 4 heteroatoms. The highest BCUT2D eigenvalue weighted by Gasteiger charge is 2.08. The lowest BCUT2D eigenvalue weighted by Gasteiger charge is -2.01. The number of H-pyrrole nitrogens is 1. The molecule has 0 aliphatic heterocycles. The van der Waals surface area contributed by atoms with Gasteiger partial charge in [-0.2, -0.15) is 0 Å². The van der Waals surface area contributed by atoms with Crippen molar-refractivity contribution in [3.05, 3.63) is 47.5 Å². The predicted molar refractivity (Wildman–Crippen MR) is 81.6 cm³/mol. The van der Waals surface area contributed by atoms with Gasteiger partial charge in [0.25, 0.3) is 0 Å². The van der Waals surface area contributed by atoms with Gasteiger partial charge < -0.3 is 10.3 Å². The van der Waals surface area contributed by atoms with E-state index >= 15 is 0 Å². The van der Waals surface area contributed by atoms with E-state index in [1.54, 1.807) is 11.3 Å². The van der Waals surface area contributed by atoms with Crippen LogP contribution in [0.2, 0.25) is 0 Å². The Morgan fingerprint density at radius 2 is 1.95 bits per heavy atom. The van der Waals surface area contributed by atoms with Crippen molar-refractivity contribution >= 4 is 17.0 Å². The first-order valence-electron chi connectivity index (χ1n) is 6.15. The number of imidazole rings is 1. The van der Waals surface area contributed by atoms with Crippen LogP contribution in [-0.4, -0.2) is 17.0 Å². The molecular weight excluding hydrogens is 254 g/mol. The minimum absolute atomic E-state index is 0.908. The molecule has 1 aromatic carbocycles. The quantitative estimate of drug-likeness (QED) is 0.749. The Labute approximate surface area is 116 Å². The summed E-state index contributed by atoms with van der Waals surface area (Å²) in [7, 11) is 1.92. The molecule has 2 N–H and O–H groups in total. The Morgan fingerprint density at radius 3 is 2.58 bits per heavy atom. The number of thiophene rings is 1. The maximum Gasteiger partial charge on any atom is 0.137 e. The molecule has 2 heterocycles. The third kappa shape index (κ3) is 2.27. The molecule has 0 atom stereocenters. The molecule has 0 radical (unpaired) electrons. The average Bonchev–Trinajstić information content (AvgIpc) is 3.07. The van der Waals surface area contributed by atoms with Crippen molar-refractivity contribution in [2.24, 2.45) is 0 Å². The van der Waals surface area contributed by atoms with Crippen LogP contribution in [0.4, 0.5) is 5.69 Å². The van der Waals surface area contributed by atoms with Crippen molar-refractivity contribution in [1.82, 2.24) is 9.97 Å². The third-order valence-corrected chi connectivity index (χ3v) is 4.18. The van der Waals surface area contributed by atoms with Gasteiger partial charge >= 0.3 is 0 Å². The van der Waals surface area contributed by atoms with Crippen LogP contribution in [0.5, 0.6) is 0 Å². The van der Waals surface area contributed by atoms with Gasteiger partial charge in [-0.3, -0.25) is 0 Å². The van der Waals surface area contributed by atoms with Crippen LogP contribution in [0.1, 0.15) is 5.56 Å². The molecule has 3 aromatic rings. The smallest absolute Gasteiger partial charge is 0.137 e. The highest BCUT2D eigenvalue weighted by atomic mass is 32.1. The summed E-state index contributed by atoms with van der Waals surface area (Å²) in [6, 6.07) is 10.4. The lowest BCUT2D eigenvalue weighted by atomic mass is 10.2. The molecule has 96 valence electrons. The number of rotatable bonds is 3. The van der Waals surface area contributed by atoms with Gasteiger partial charge in [0.2, 0.25) is 0 Å². The number of hydrogen-bond donors (Lipinski definition) is 2. The molecule has 0 aliphatic rings. The van der Waals surface area contributed by atoms with Gasteiger partial charge in [0.05, 0.1) is 16.8 Å². The standard InChI is InChI=1S/C15H15N3S/c1-10-7-8-19-14(10)13-9-17-15(18-13)11-3-5-12(16-2)6-4-11/h3-9,16H,1-2H3,(H,17,18). The van der Waals surface area contributed by atoms with E-state index in [-0.39, 0.29) is 0 Å². The van der Waals surface area contributed by atoms with E-state index in [0.717, 1.165) is 22.8 Å². The van der Waals surface area contributed by atoms with Crippen LogP contribution in [-0.2, 0) is 0 Å². The molecule has 0 unspecified atom stereocenters. The summed E-state index contributed by atoms with van der Waals surface area (Å²) < 4.78 is 0. The van der Waals surface area contributed by atoms with Crippen molar-refractivity contribution in [2.75, 3.05) is 12.4 Å². The summed E-state index contributed by atoms with van der Waals surface area (Å²) in [6.07, 6.45) is 1.90. The number of aromatic nitrogens is 2. The first-order chi connectivity index (χ1) is 9.28.